The highest BCUT2D eigenvalue weighted by molar-refractivity contribution is 5.97. The number of carboxylic acid groups (broad SMARTS) is 1. The molecule has 0 saturated carbocycles. The Morgan fingerprint density at radius 2 is 1.72 bits per heavy atom. The van der Waals surface area contributed by atoms with Crippen LogP contribution in [0, 0.1) is 0 Å². The van der Waals surface area contributed by atoms with Gasteiger partial charge in [-0.25, -0.2) is 4.79 Å². The number of methoxy groups -OCH3 is 2. The van der Waals surface area contributed by atoms with Crippen LogP contribution in [-0.2, 0) is 0 Å². The molecule has 1 N–H and O–H groups in total. The molecule has 0 unspecified atom stereocenters. The van der Waals surface area contributed by atoms with Gasteiger partial charge in [0.1, 0.15) is 11.8 Å². The van der Waals surface area contributed by atoms with Crippen LogP contribution in [0.5, 0.6) is 23.5 Å². The first-order chi connectivity index (χ1) is 12.1. The summed E-state index contributed by atoms with van der Waals surface area (Å²) in [5.74, 6) is -0.618. The van der Waals surface area contributed by atoms with Gasteiger partial charge in [-0.1, -0.05) is 30.3 Å². The van der Waals surface area contributed by atoms with Crippen LogP contribution in [0.25, 0.3) is 11.3 Å². The minimum Gasteiger partial charge on any atom is -0.481 e. The third kappa shape index (κ3) is 3.37. The second-order valence-corrected chi connectivity index (χ2v) is 4.81. The monoisotopic (exact) mass is 342 g/mol. The van der Waals surface area contributed by atoms with Crippen molar-refractivity contribution in [2.75, 3.05) is 14.2 Å². The molecule has 0 spiro atoms. The van der Waals surface area contributed by atoms with Crippen molar-refractivity contribution < 1.29 is 28.5 Å². The second kappa shape index (κ2) is 6.91. The molecule has 8 heteroatoms. The zero-order valence-electron chi connectivity index (χ0n) is 13.4. The number of aromatic nitrogens is 2. The van der Waals surface area contributed by atoms with E-state index in [1.165, 1.54) is 26.5 Å². The number of ether oxygens (including phenoxy) is 3. The molecule has 3 aromatic rings. The van der Waals surface area contributed by atoms with E-state index < -0.39 is 5.97 Å². The highest BCUT2D eigenvalue weighted by Gasteiger charge is 2.24. The fourth-order valence-corrected chi connectivity index (χ4v) is 2.16. The van der Waals surface area contributed by atoms with Crippen molar-refractivity contribution in [2.45, 2.75) is 0 Å². The van der Waals surface area contributed by atoms with Gasteiger partial charge >= 0.3 is 12.0 Å². The molecule has 0 atom stereocenters. The molecule has 0 aliphatic heterocycles. The number of carboxylic acids is 1. The summed E-state index contributed by atoms with van der Waals surface area (Å²) >= 11 is 0. The summed E-state index contributed by atoms with van der Waals surface area (Å²) in [5.41, 5.74) is 0.482. The van der Waals surface area contributed by atoms with Crippen LogP contribution in [0.2, 0.25) is 0 Å². The fraction of sp³-hybridized carbons (Fsp3) is 0.118. The molecule has 25 heavy (non-hydrogen) atoms. The van der Waals surface area contributed by atoms with Crippen LogP contribution in [0.4, 0.5) is 0 Å². The number of nitrogens with zero attached hydrogens (tertiary/aromatic N) is 2. The highest BCUT2D eigenvalue weighted by Crippen LogP contribution is 2.35. The zero-order chi connectivity index (χ0) is 17.8. The van der Waals surface area contributed by atoms with E-state index in [0.717, 1.165) is 0 Å². The van der Waals surface area contributed by atoms with E-state index in [0.29, 0.717) is 5.56 Å². The van der Waals surface area contributed by atoms with Gasteiger partial charge in [0, 0.05) is 5.56 Å². The SMILES string of the molecule is COc1cc(OC)nc(Oc2coc(-c3ccccc3)c2C(=O)O)n1. The predicted octanol–water partition coefficient (Wildman–Crippen LogP) is 3.24. The van der Waals surface area contributed by atoms with Crippen LogP contribution in [0.1, 0.15) is 10.4 Å². The van der Waals surface area contributed by atoms with Gasteiger partial charge in [0.05, 0.1) is 20.3 Å². The molecule has 0 aliphatic rings. The van der Waals surface area contributed by atoms with E-state index in [1.807, 2.05) is 6.07 Å². The molecule has 0 radical (unpaired) electrons. The Kier molecular flexibility index (Phi) is 4.51. The maximum absolute atomic E-state index is 11.7. The van der Waals surface area contributed by atoms with Gasteiger partial charge in [0.25, 0.3) is 0 Å². The van der Waals surface area contributed by atoms with Crippen molar-refractivity contribution in [1.82, 2.24) is 9.97 Å². The Morgan fingerprint density at radius 3 is 2.28 bits per heavy atom. The molecule has 0 aliphatic carbocycles. The summed E-state index contributed by atoms with van der Waals surface area (Å²) in [5, 5.41) is 9.55. The van der Waals surface area contributed by atoms with Crippen LogP contribution in [-0.4, -0.2) is 35.3 Å². The third-order valence-corrected chi connectivity index (χ3v) is 3.29. The van der Waals surface area contributed by atoms with Gasteiger partial charge in [0.15, 0.2) is 11.5 Å². The molecule has 0 fully saturated rings. The standard InChI is InChI=1S/C17H14N2O6/c1-22-12-8-13(23-2)19-17(18-12)25-11-9-24-15(14(11)16(20)21)10-6-4-3-5-7-10/h3-9H,1-2H3,(H,20,21). The van der Waals surface area contributed by atoms with E-state index in [1.54, 1.807) is 24.3 Å². The fourth-order valence-electron chi connectivity index (χ4n) is 2.16. The quantitative estimate of drug-likeness (QED) is 0.728. The number of hydrogen-bond donors (Lipinski definition) is 1. The molecule has 2 heterocycles. The van der Waals surface area contributed by atoms with E-state index in [9.17, 15) is 9.90 Å². The minimum atomic E-state index is -1.20. The van der Waals surface area contributed by atoms with Gasteiger partial charge in [-0.3, -0.25) is 0 Å². The lowest BCUT2D eigenvalue weighted by molar-refractivity contribution is 0.0694. The van der Waals surface area contributed by atoms with Crippen molar-refractivity contribution >= 4 is 5.97 Å². The predicted molar refractivity (Wildman–Crippen MR) is 86.3 cm³/mol. The van der Waals surface area contributed by atoms with Crippen molar-refractivity contribution in [1.29, 1.82) is 0 Å². The molecule has 8 nitrogen and oxygen atoms in total. The lowest BCUT2D eigenvalue weighted by Gasteiger charge is -2.07. The summed E-state index contributed by atoms with van der Waals surface area (Å²) in [4.78, 5) is 19.7. The molecule has 0 amide bonds. The van der Waals surface area contributed by atoms with Crippen molar-refractivity contribution in [3.63, 3.8) is 0 Å². The maximum Gasteiger partial charge on any atom is 0.343 e. The average Bonchev–Trinajstić information content (AvgIpc) is 3.05. The Labute approximate surface area is 142 Å². The number of benzene rings is 1. The Balaban J connectivity index is 2.01. The van der Waals surface area contributed by atoms with Gasteiger partial charge in [-0.05, 0) is 0 Å². The molecular formula is C17H14N2O6. The van der Waals surface area contributed by atoms with E-state index in [4.69, 9.17) is 18.6 Å². The third-order valence-electron chi connectivity index (χ3n) is 3.29. The van der Waals surface area contributed by atoms with Crippen molar-refractivity contribution in [3.8, 4) is 34.8 Å². The number of rotatable bonds is 6. The van der Waals surface area contributed by atoms with E-state index in [2.05, 4.69) is 9.97 Å². The molecule has 128 valence electrons. The summed E-state index contributed by atoms with van der Waals surface area (Å²) < 4.78 is 21.0. The van der Waals surface area contributed by atoms with Crippen LogP contribution < -0.4 is 14.2 Å². The van der Waals surface area contributed by atoms with Crippen molar-refractivity contribution in [3.05, 3.63) is 48.2 Å². The Hall–Kier alpha value is -3.55. The highest BCUT2D eigenvalue weighted by atomic mass is 16.5. The molecule has 3 rings (SSSR count). The molecule has 0 saturated heterocycles. The smallest absolute Gasteiger partial charge is 0.343 e. The van der Waals surface area contributed by atoms with Gasteiger partial charge in [0.2, 0.25) is 11.8 Å². The summed E-state index contributed by atoms with van der Waals surface area (Å²) in [7, 11) is 2.86. The van der Waals surface area contributed by atoms with E-state index >= 15 is 0 Å². The molecular weight excluding hydrogens is 328 g/mol. The summed E-state index contributed by atoms with van der Waals surface area (Å²) in [6, 6.07) is 10.2. The first-order valence-electron chi connectivity index (χ1n) is 7.17. The Bertz CT molecular complexity index is 869. The molecule has 1 aromatic carbocycles. The minimum absolute atomic E-state index is 0.0262. The average molecular weight is 342 g/mol. The topological polar surface area (TPSA) is 104 Å². The largest absolute Gasteiger partial charge is 0.481 e. The van der Waals surface area contributed by atoms with Gasteiger partial charge < -0.3 is 23.7 Å². The van der Waals surface area contributed by atoms with Crippen LogP contribution >= 0.6 is 0 Å². The second-order valence-electron chi connectivity index (χ2n) is 4.81. The summed E-state index contributed by atoms with van der Waals surface area (Å²) in [6.07, 6.45) is 1.20. The summed E-state index contributed by atoms with van der Waals surface area (Å²) in [6.45, 7) is 0. The lowest BCUT2D eigenvalue weighted by atomic mass is 10.1. The molecule has 0 bridgehead atoms. The van der Waals surface area contributed by atoms with Gasteiger partial charge in [-0.2, -0.15) is 9.97 Å². The number of carbonyl (C=O) groups is 1. The van der Waals surface area contributed by atoms with Crippen LogP contribution in [0.15, 0.2) is 47.1 Å². The number of furan rings is 1. The maximum atomic E-state index is 11.7. The first-order valence-corrected chi connectivity index (χ1v) is 7.17. The zero-order valence-corrected chi connectivity index (χ0v) is 13.4. The normalized spacial score (nSPS) is 10.3. The number of aromatic carboxylic acids is 1. The van der Waals surface area contributed by atoms with E-state index in [-0.39, 0.29) is 34.8 Å². The van der Waals surface area contributed by atoms with Gasteiger partial charge in [-0.15, -0.1) is 0 Å². The Morgan fingerprint density at radius 1 is 1.08 bits per heavy atom. The molecule has 2 aromatic heterocycles. The van der Waals surface area contributed by atoms with Crippen LogP contribution in [0.3, 0.4) is 0 Å². The number of hydrogen-bond acceptors (Lipinski definition) is 7. The lowest BCUT2D eigenvalue weighted by Crippen LogP contribution is -2.02. The van der Waals surface area contributed by atoms with Crippen molar-refractivity contribution in [2.24, 2.45) is 0 Å². The first kappa shape index (κ1) is 16.3.